The molecule has 0 aliphatic heterocycles. The zero-order valence-corrected chi connectivity index (χ0v) is 37.4. The van der Waals surface area contributed by atoms with Gasteiger partial charge in [-0.1, -0.05) is 20.8 Å². The highest BCUT2D eigenvalue weighted by Crippen LogP contribution is 2.70. The first kappa shape index (κ1) is 40.0. The van der Waals surface area contributed by atoms with Crippen molar-refractivity contribution in [1.82, 2.24) is 0 Å². The van der Waals surface area contributed by atoms with Gasteiger partial charge in [0.25, 0.3) is 0 Å². The van der Waals surface area contributed by atoms with Gasteiger partial charge in [0.15, 0.2) is 33.3 Å². The van der Waals surface area contributed by atoms with Gasteiger partial charge in [-0.25, -0.2) is 0 Å². The Bertz CT molecular complexity index is 1090. The van der Waals surface area contributed by atoms with Crippen LogP contribution in [0.3, 0.4) is 0 Å². The first-order valence-corrected chi connectivity index (χ1v) is 32.7. The van der Waals surface area contributed by atoms with E-state index in [1.54, 1.807) is 0 Å². The average molecular weight is 727 g/mol. The van der Waals surface area contributed by atoms with Crippen LogP contribution in [0.5, 0.6) is 0 Å². The van der Waals surface area contributed by atoms with E-state index in [-0.39, 0.29) is 35.1 Å². The van der Waals surface area contributed by atoms with Gasteiger partial charge >= 0.3 is 5.97 Å². The molecule has 6 nitrogen and oxygen atoms in total. The Morgan fingerprint density at radius 3 is 1.79 bits per heavy atom. The molecule has 0 saturated heterocycles. The molecular weight excluding hydrogens is 653 g/mol. The average Bonchev–Trinajstić information content (AvgIpc) is 3.25. The largest absolute Gasteiger partial charge is 0.469 e. The van der Waals surface area contributed by atoms with Crippen molar-refractivity contribution in [1.29, 1.82) is 0 Å². The van der Waals surface area contributed by atoms with Crippen LogP contribution in [0.15, 0.2) is 0 Å². The lowest BCUT2D eigenvalue weighted by Gasteiger charge is -2.68. The van der Waals surface area contributed by atoms with Crippen molar-refractivity contribution in [2.75, 3.05) is 7.11 Å². The minimum atomic E-state index is -1.93. The van der Waals surface area contributed by atoms with E-state index in [0.29, 0.717) is 48.0 Å². The topological polar surface area (TPSA) is 63.2 Å². The summed E-state index contributed by atoms with van der Waals surface area (Å²) in [4.78, 5) is 12.3. The van der Waals surface area contributed by atoms with Crippen LogP contribution in [0.25, 0.3) is 0 Å². The molecule has 0 radical (unpaired) electrons. The van der Waals surface area contributed by atoms with Crippen molar-refractivity contribution < 1.29 is 27.2 Å². The van der Waals surface area contributed by atoms with Gasteiger partial charge in [-0.3, -0.25) is 4.79 Å². The molecule has 4 fully saturated rings. The van der Waals surface area contributed by atoms with E-state index in [1.807, 2.05) is 0 Å². The first-order chi connectivity index (χ1) is 21.3. The van der Waals surface area contributed by atoms with Crippen molar-refractivity contribution in [3.63, 3.8) is 0 Å². The van der Waals surface area contributed by atoms with Crippen molar-refractivity contribution in [2.45, 2.75) is 175 Å². The summed E-state index contributed by atoms with van der Waals surface area (Å²) in [7, 11) is -5.87. The third-order valence-electron chi connectivity index (χ3n) is 12.5. The Kier molecular flexibility index (Phi) is 11.9. The number of rotatable bonds is 12. The van der Waals surface area contributed by atoms with Gasteiger partial charge in [0.05, 0.1) is 25.4 Å². The summed E-state index contributed by atoms with van der Waals surface area (Å²) in [6, 6.07) is 0. The fourth-order valence-electron chi connectivity index (χ4n) is 11.0. The van der Waals surface area contributed by atoms with Gasteiger partial charge in [0.2, 0.25) is 0 Å². The first-order valence-electron chi connectivity index (χ1n) is 19.1. The molecule has 4 saturated carbocycles. The van der Waals surface area contributed by atoms with E-state index >= 15 is 0 Å². The summed E-state index contributed by atoms with van der Waals surface area (Å²) >= 11 is 0. The van der Waals surface area contributed by atoms with Gasteiger partial charge in [0, 0.05) is 12.5 Å². The maximum Gasteiger partial charge on any atom is 0.305 e. The Labute approximate surface area is 294 Å². The Morgan fingerprint density at radius 2 is 1.26 bits per heavy atom. The van der Waals surface area contributed by atoms with Crippen molar-refractivity contribution in [2.24, 2.45) is 46.3 Å². The second-order valence-corrected chi connectivity index (χ2v) is 38.4. The molecule has 0 amide bonds. The van der Waals surface area contributed by atoms with Crippen LogP contribution in [-0.2, 0) is 27.2 Å². The van der Waals surface area contributed by atoms with Crippen LogP contribution in [0.1, 0.15) is 72.1 Å². The van der Waals surface area contributed by atoms with Crippen LogP contribution in [0, 0.1) is 46.3 Å². The van der Waals surface area contributed by atoms with E-state index in [2.05, 4.69) is 99.3 Å². The van der Waals surface area contributed by atoms with Crippen molar-refractivity contribution in [3.05, 3.63) is 0 Å². The van der Waals surface area contributed by atoms with Crippen LogP contribution in [-0.4, -0.2) is 70.8 Å². The lowest BCUT2D eigenvalue weighted by Crippen LogP contribution is -2.70. The molecule has 4 aliphatic rings. The van der Waals surface area contributed by atoms with E-state index in [9.17, 15) is 4.79 Å². The van der Waals surface area contributed by atoms with Crippen LogP contribution >= 0.6 is 0 Å². The van der Waals surface area contributed by atoms with Gasteiger partial charge in [-0.15, -0.1) is 0 Å². The predicted molar refractivity (Wildman–Crippen MR) is 205 cm³/mol. The highest BCUT2D eigenvalue weighted by molar-refractivity contribution is 6.71. The number of ether oxygens (including phenoxy) is 1. The van der Waals surface area contributed by atoms with Gasteiger partial charge in [-0.05, 0) is 170 Å². The lowest BCUT2D eigenvalue weighted by atomic mass is 9.42. The molecule has 0 aromatic carbocycles. The summed E-state index contributed by atoms with van der Waals surface area (Å²) in [5.74, 6) is 2.76. The Morgan fingerprint density at radius 1 is 0.702 bits per heavy atom. The highest BCUT2D eigenvalue weighted by Gasteiger charge is 2.69. The normalized spacial score (nSPS) is 40.3. The molecule has 4 aliphatic carbocycles. The maximum atomic E-state index is 12.3. The third-order valence-corrected chi connectivity index (χ3v) is 16.5. The van der Waals surface area contributed by atoms with Crippen molar-refractivity contribution >= 4 is 39.2 Å². The van der Waals surface area contributed by atoms with Gasteiger partial charge in [-0.2, -0.15) is 0 Å². The number of methoxy groups -OCH3 is 1. The number of esters is 1. The summed E-state index contributed by atoms with van der Waals surface area (Å²) in [6.07, 6.45) is 9.05. The number of fused-ring (bicyclic) bond motifs is 5. The molecule has 0 N–H and O–H groups in total. The molecule has 0 spiro atoms. The zero-order chi connectivity index (χ0) is 35.5. The minimum absolute atomic E-state index is 0.0308. The Hall–Kier alpha value is 0.178. The van der Waals surface area contributed by atoms with Crippen LogP contribution in [0.4, 0.5) is 0 Å². The van der Waals surface area contributed by atoms with E-state index in [4.69, 9.17) is 22.4 Å². The smallest absolute Gasteiger partial charge is 0.305 e. The van der Waals surface area contributed by atoms with Crippen molar-refractivity contribution in [3.8, 4) is 0 Å². The van der Waals surface area contributed by atoms with E-state index < -0.39 is 33.3 Å². The highest BCUT2D eigenvalue weighted by atomic mass is 28.4. The molecule has 10 heteroatoms. The fraction of sp³-hybridized carbons (Fsp3) is 0.973. The van der Waals surface area contributed by atoms with Gasteiger partial charge < -0.3 is 22.4 Å². The molecule has 274 valence electrons. The monoisotopic (exact) mass is 726 g/mol. The SMILES string of the molecule is COC(=O)CCC(C)C1CCC2C3C(C[C@@H](O[Si](C)(C)C)C12C)C1(C)CC[C@@H](O[Si](C)(C)C)C[C@H]1[C@H](O[Si](C)(C)C)[C@H]3O[Si](C)(C)C. The fourth-order valence-corrected chi connectivity index (χ4v) is 15.7. The number of hydrogen-bond donors (Lipinski definition) is 0. The predicted octanol–water partition coefficient (Wildman–Crippen LogP) is 9.94. The molecule has 47 heavy (non-hydrogen) atoms. The molecule has 0 aromatic rings. The van der Waals surface area contributed by atoms with Gasteiger partial charge in [0.1, 0.15) is 0 Å². The second-order valence-electron chi connectivity index (χ2n) is 20.5. The number of carbonyl (C=O) groups excluding carboxylic acids is 1. The molecule has 0 aromatic heterocycles. The van der Waals surface area contributed by atoms with Crippen LogP contribution in [0.2, 0.25) is 78.6 Å². The summed E-state index contributed by atoms with van der Waals surface area (Å²) in [5, 5.41) is 0. The third kappa shape index (κ3) is 8.98. The summed E-state index contributed by atoms with van der Waals surface area (Å²) in [5.41, 5.74) is 0.188. The minimum Gasteiger partial charge on any atom is -0.469 e. The molecule has 0 heterocycles. The molecule has 4 rings (SSSR count). The number of hydrogen-bond acceptors (Lipinski definition) is 6. The van der Waals surface area contributed by atoms with E-state index in [0.717, 1.165) is 25.7 Å². The standard InChI is InChI=1S/C37H74O6Si4/c1-25(17-20-32(38)39-4)27-18-19-28-33-29(24-31(37(27,28)3)41-45(8,9)10)36(2)22-21-26(40-44(5,6)7)23-30(36)34(42-46(11,12)13)35(33)43-47(14,15)16/h25-31,33-35H,17-24H2,1-16H3/t25?,26-,27?,28?,29?,30+,31-,33?,34+,35+,36?,37?/m1/s1. The quantitative estimate of drug-likeness (QED) is 0.147. The zero-order valence-electron chi connectivity index (χ0n) is 33.4. The summed E-state index contributed by atoms with van der Waals surface area (Å²) < 4.78 is 34.3. The molecule has 0 bridgehead atoms. The second kappa shape index (κ2) is 14.0. The molecule has 7 unspecified atom stereocenters. The van der Waals surface area contributed by atoms with Crippen LogP contribution < -0.4 is 0 Å². The molecular formula is C37H74O6Si4. The summed E-state index contributed by atoms with van der Waals surface area (Å²) in [6.45, 7) is 36.0. The lowest BCUT2D eigenvalue weighted by molar-refractivity contribution is -0.232. The molecule has 12 atom stereocenters. The number of carbonyl (C=O) groups is 1. The Balaban J connectivity index is 1.85. The van der Waals surface area contributed by atoms with E-state index in [1.165, 1.54) is 26.4 Å². The maximum absolute atomic E-state index is 12.3.